The first-order valence-corrected chi connectivity index (χ1v) is 10.5. The number of ketones is 1. The van der Waals surface area contributed by atoms with E-state index in [0.29, 0.717) is 18.8 Å². The normalized spacial score (nSPS) is 14.0. The maximum Gasteiger partial charge on any atom is 0.276 e. The van der Waals surface area contributed by atoms with Crippen molar-refractivity contribution in [1.29, 1.82) is 0 Å². The number of amides is 2. The van der Waals surface area contributed by atoms with Crippen LogP contribution in [-0.2, 0) is 4.79 Å². The molecule has 0 saturated carbocycles. The smallest absolute Gasteiger partial charge is 0.276 e. The Morgan fingerprint density at radius 1 is 1.25 bits per heavy atom. The SMILES string of the molecule is C[C@H](C(N)=O)N(c1ccc(F)cc1)c1nc(N)c(C(=O)c2cc(C(=O)N3CCC3)no2)s1. The number of benzene rings is 1. The van der Waals surface area contributed by atoms with Crippen LogP contribution in [-0.4, -0.2) is 51.8 Å². The second-order valence-corrected chi connectivity index (χ2v) is 8.16. The minimum Gasteiger partial charge on any atom is -0.382 e. The van der Waals surface area contributed by atoms with Gasteiger partial charge in [-0.3, -0.25) is 14.4 Å². The number of carbonyl (C=O) groups excluding carboxylic acids is 3. The number of thiazole rings is 1. The zero-order valence-electron chi connectivity index (χ0n) is 16.9. The molecule has 1 aromatic carbocycles. The Hall–Kier alpha value is -3.80. The number of halogens is 1. The van der Waals surface area contributed by atoms with Gasteiger partial charge in [0.15, 0.2) is 10.8 Å². The summed E-state index contributed by atoms with van der Waals surface area (Å²) >= 11 is 0.911. The van der Waals surface area contributed by atoms with Crippen molar-refractivity contribution in [2.24, 2.45) is 5.73 Å². The highest BCUT2D eigenvalue weighted by molar-refractivity contribution is 7.18. The molecule has 1 fully saturated rings. The average Bonchev–Trinajstić information content (AvgIpc) is 3.35. The van der Waals surface area contributed by atoms with Gasteiger partial charge in [0.25, 0.3) is 5.91 Å². The van der Waals surface area contributed by atoms with Crippen LogP contribution in [0, 0.1) is 5.82 Å². The van der Waals surface area contributed by atoms with Gasteiger partial charge in [0.05, 0.1) is 0 Å². The van der Waals surface area contributed by atoms with E-state index in [0.717, 1.165) is 17.8 Å². The predicted molar refractivity (Wildman–Crippen MR) is 114 cm³/mol. The van der Waals surface area contributed by atoms with Crippen LogP contribution in [0.1, 0.15) is 39.3 Å². The molecule has 3 aromatic rings. The van der Waals surface area contributed by atoms with E-state index in [9.17, 15) is 18.8 Å². The van der Waals surface area contributed by atoms with Crippen molar-refractivity contribution in [3.8, 4) is 0 Å². The number of nitrogens with zero attached hydrogens (tertiary/aromatic N) is 4. The van der Waals surface area contributed by atoms with E-state index in [-0.39, 0.29) is 33.2 Å². The highest BCUT2D eigenvalue weighted by Gasteiger charge is 2.30. The van der Waals surface area contributed by atoms with Gasteiger partial charge in [-0.2, -0.15) is 0 Å². The highest BCUT2D eigenvalue weighted by atomic mass is 32.1. The molecule has 0 bridgehead atoms. The molecule has 12 heteroatoms. The number of hydrogen-bond donors (Lipinski definition) is 2. The average molecular weight is 458 g/mol. The van der Waals surface area contributed by atoms with Crippen molar-refractivity contribution < 1.29 is 23.3 Å². The topological polar surface area (TPSA) is 149 Å². The van der Waals surface area contributed by atoms with Crippen molar-refractivity contribution in [1.82, 2.24) is 15.0 Å². The first-order chi connectivity index (χ1) is 15.3. The van der Waals surface area contributed by atoms with Gasteiger partial charge in [0, 0.05) is 24.8 Å². The Kier molecular flexibility index (Phi) is 5.61. The summed E-state index contributed by atoms with van der Waals surface area (Å²) in [4.78, 5) is 44.4. The molecule has 1 saturated heterocycles. The number of hydrogen-bond acceptors (Lipinski definition) is 9. The predicted octanol–water partition coefficient (Wildman–Crippen LogP) is 1.94. The minimum atomic E-state index is -0.861. The van der Waals surface area contributed by atoms with Crippen LogP contribution < -0.4 is 16.4 Å². The molecular weight excluding hydrogens is 439 g/mol. The van der Waals surface area contributed by atoms with Crippen LogP contribution in [0.25, 0.3) is 0 Å². The van der Waals surface area contributed by atoms with Gasteiger partial charge < -0.3 is 25.8 Å². The Bertz CT molecular complexity index is 1190. The Morgan fingerprint density at radius 2 is 1.94 bits per heavy atom. The van der Waals surface area contributed by atoms with E-state index >= 15 is 0 Å². The van der Waals surface area contributed by atoms with Crippen LogP contribution in [0.5, 0.6) is 0 Å². The number of nitrogens with two attached hydrogens (primary N) is 2. The Balaban J connectivity index is 1.65. The van der Waals surface area contributed by atoms with Crippen LogP contribution in [0.15, 0.2) is 34.9 Å². The number of carbonyl (C=O) groups is 3. The molecule has 0 unspecified atom stereocenters. The Labute approximate surface area is 185 Å². The second-order valence-electron chi connectivity index (χ2n) is 7.19. The number of rotatable bonds is 7. The quantitative estimate of drug-likeness (QED) is 0.510. The van der Waals surface area contributed by atoms with Gasteiger partial charge in [0.1, 0.15) is 22.6 Å². The zero-order valence-corrected chi connectivity index (χ0v) is 17.8. The molecule has 4 N–H and O–H groups in total. The Morgan fingerprint density at radius 3 is 2.53 bits per heavy atom. The lowest BCUT2D eigenvalue weighted by molar-refractivity contribution is -0.118. The van der Waals surface area contributed by atoms with Crippen LogP contribution >= 0.6 is 11.3 Å². The molecular formula is C20H19FN6O4S. The summed E-state index contributed by atoms with van der Waals surface area (Å²) in [5.41, 5.74) is 11.9. The molecule has 2 amide bonds. The second kappa shape index (κ2) is 8.38. The molecule has 0 spiro atoms. The molecule has 1 aliphatic rings. The maximum atomic E-state index is 13.4. The third-order valence-corrected chi connectivity index (χ3v) is 6.12. The van der Waals surface area contributed by atoms with E-state index in [4.69, 9.17) is 16.0 Å². The van der Waals surface area contributed by atoms with Crippen molar-refractivity contribution >= 4 is 45.6 Å². The molecule has 32 heavy (non-hydrogen) atoms. The van der Waals surface area contributed by atoms with Crippen molar-refractivity contribution in [3.63, 3.8) is 0 Å². The van der Waals surface area contributed by atoms with Gasteiger partial charge in [-0.15, -0.1) is 0 Å². The third-order valence-electron chi connectivity index (χ3n) is 5.05. The molecule has 1 atom stereocenters. The van der Waals surface area contributed by atoms with Gasteiger partial charge in [-0.05, 0) is 37.6 Å². The largest absolute Gasteiger partial charge is 0.382 e. The fraction of sp³-hybridized carbons (Fsp3) is 0.250. The summed E-state index contributed by atoms with van der Waals surface area (Å²) in [6, 6.07) is 5.77. The van der Waals surface area contributed by atoms with E-state index < -0.39 is 23.5 Å². The van der Waals surface area contributed by atoms with Gasteiger partial charge >= 0.3 is 0 Å². The highest BCUT2D eigenvalue weighted by Crippen LogP contribution is 2.36. The summed E-state index contributed by atoms with van der Waals surface area (Å²) < 4.78 is 18.5. The summed E-state index contributed by atoms with van der Waals surface area (Å²) in [5.74, 6) is -2.27. The van der Waals surface area contributed by atoms with Crippen LogP contribution in [0.4, 0.5) is 21.0 Å². The number of nitrogen functional groups attached to an aromatic ring is 1. The number of likely N-dealkylation sites (tertiary alicyclic amines) is 1. The first-order valence-electron chi connectivity index (χ1n) is 9.67. The first kappa shape index (κ1) is 21.4. The number of aromatic nitrogens is 2. The molecule has 1 aliphatic heterocycles. The van der Waals surface area contributed by atoms with E-state index in [1.54, 1.807) is 11.8 Å². The summed E-state index contributed by atoms with van der Waals surface area (Å²) in [6.07, 6.45) is 0.920. The molecule has 10 nitrogen and oxygen atoms in total. The fourth-order valence-electron chi connectivity index (χ4n) is 3.09. The molecule has 4 rings (SSSR count). The van der Waals surface area contributed by atoms with Crippen molar-refractivity contribution in [3.05, 3.63) is 52.5 Å². The number of anilines is 3. The minimum absolute atomic E-state index is 0.0339. The van der Waals surface area contributed by atoms with Crippen LogP contribution in [0.3, 0.4) is 0 Å². The van der Waals surface area contributed by atoms with Gasteiger partial charge in [-0.1, -0.05) is 16.5 Å². The molecule has 166 valence electrons. The van der Waals surface area contributed by atoms with E-state index in [2.05, 4.69) is 10.1 Å². The lowest BCUT2D eigenvalue weighted by Gasteiger charge is -2.29. The van der Waals surface area contributed by atoms with Crippen LogP contribution in [0.2, 0.25) is 0 Å². The maximum absolute atomic E-state index is 13.4. The molecule has 3 heterocycles. The molecule has 0 aliphatic carbocycles. The van der Waals surface area contributed by atoms with Gasteiger partial charge in [-0.25, -0.2) is 9.37 Å². The molecule has 2 aromatic heterocycles. The fourth-order valence-corrected chi connectivity index (χ4v) is 4.12. The lowest BCUT2D eigenvalue weighted by atomic mass is 10.2. The number of primary amides is 1. The van der Waals surface area contributed by atoms with E-state index in [1.807, 2.05) is 0 Å². The zero-order chi connectivity index (χ0) is 23.0. The summed E-state index contributed by atoms with van der Waals surface area (Å²) in [6.45, 7) is 2.82. The summed E-state index contributed by atoms with van der Waals surface area (Å²) in [7, 11) is 0. The molecule has 0 radical (unpaired) electrons. The van der Waals surface area contributed by atoms with Crippen molar-refractivity contribution in [2.45, 2.75) is 19.4 Å². The lowest BCUT2D eigenvalue weighted by Crippen LogP contribution is -2.42. The summed E-state index contributed by atoms with van der Waals surface area (Å²) in [5, 5.41) is 3.90. The third kappa shape index (κ3) is 3.91. The standard InChI is InChI=1S/C20H19FN6O4S/c1-10(18(23)29)27(12-5-3-11(21)4-6-12)20-24-17(22)16(32-20)15(28)14-9-13(25-31-14)19(30)26-7-2-8-26/h3-6,9-10H,2,7-8,22H2,1H3,(H2,23,29)/t10-/m1/s1. The monoisotopic (exact) mass is 458 g/mol. The van der Waals surface area contributed by atoms with Gasteiger partial charge in [0.2, 0.25) is 17.5 Å². The van der Waals surface area contributed by atoms with E-state index in [1.165, 1.54) is 35.2 Å². The van der Waals surface area contributed by atoms with Crippen molar-refractivity contribution in [2.75, 3.05) is 23.7 Å².